The lowest BCUT2D eigenvalue weighted by Crippen LogP contribution is -2.42. The van der Waals surface area contributed by atoms with Gasteiger partial charge in [0.25, 0.3) is 0 Å². The largest absolute Gasteiger partial charge is 0.389 e. The zero-order valence-electron chi connectivity index (χ0n) is 15.3. The molecule has 27 heavy (non-hydrogen) atoms. The molecular weight excluding hydrogens is 369 g/mol. The molecule has 2 atom stereocenters. The second-order valence-corrected chi connectivity index (χ2v) is 8.27. The first-order valence-corrected chi connectivity index (χ1v) is 10.1. The summed E-state index contributed by atoms with van der Waals surface area (Å²) in [5.74, 6) is 0.276. The molecule has 0 radical (unpaired) electrons. The van der Waals surface area contributed by atoms with Crippen molar-refractivity contribution in [3.63, 3.8) is 0 Å². The number of rotatable bonds is 4. The van der Waals surface area contributed by atoms with Crippen molar-refractivity contribution in [2.75, 3.05) is 38.7 Å². The molecule has 2 aliphatic rings. The Balaban J connectivity index is 1.51. The third-order valence-corrected chi connectivity index (χ3v) is 6.38. The van der Waals surface area contributed by atoms with Crippen LogP contribution in [0.3, 0.4) is 0 Å². The molecule has 146 valence electrons. The lowest BCUT2D eigenvalue weighted by Gasteiger charge is -2.28. The van der Waals surface area contributed by atoms with Crippen LogP contribution in [0.2, 0.25) is 0 Å². The molecule has 0 spiro atoms. The predicted molar refractivity (Wildman–Crippen MR) is 101 cm³/mol. The van der Waals surface area contributed by atoms with Gasteiger partial charge in [-0.2, -0.15) is 0 Å². The number of likely N-dealkylation sites (tertiary alicyclic amines) is 1. The fourth-order valence-corrected chi connectivity index (χ4v) is 4.59. The minimum Gasteiger partial charge on any atom is -0.389 e. The Bertz CT molecular complexity index is 781. The van der Waals surface area contributed by atoms with Crippen LogP contribution in [0.5, 0.6) is 0 Å². The summed E-state index contributed by atoms with van der Waals surface area (Å²) in [6, 6.07) is -0.201. The molecule has 2 saturated heterocycles. The van der Waals surface area contributed by atoms with E-state index in [0.29, 0.717) is 29.8 Å². The maximum atomic E-state index is 14.4. The number of anilines is 1. The van der Waals surface area contributed by atoms with Crippen molar-refractivity contribution < 1.29 is 14.2 Å². The van der Waals surface area contributed by atoms with E-state index in [1.165, 1.54) is 17.5 Å². The zero-order chi connectivity index (χ0) is 18.8. The second kappa shape index (κ2) is 8.14. The van der Waals surface area contributed by atoms with Crippen LogP contribution in [-0.2, 0) is 4.74 Å². The van der Waals surface area contributed by atoms with Gasteiger partial charge in [-0.25, -0.2) is 19.3 Å². The average Bonchev–Trinajstić information content (AvgIpc) is 3.15. The van der Waals surface area contributed by atoms with Crippen LogP contribution in [0.15, 0.2) is 12.4 Å². The van der Waals surface area contributed by atoms with Gasteiger partial charge in [0.05, 0.1) is 34.8 Å². The number of hydrogen-bond donors (Lipinski definition) is 2. The van der Waals surface area contributed by atoms with E-state index in [1.54, 1.807) is 6.20 Å². The third-order valence-electron chi connectivity index (χ3n) is 5.21. The standard InChI is InChI=1S/C18H24FN5O2S/c1-24-5-2-11(3-6-24)17-20-9-15(27-17)16-12(19)8-21-18(23-16)22-13-4-7-26-10-14(13)25/h8-9,11,13-14,25H,2-7,10H2,1H3,(H,21,22,23)/t13-,14-/m1/s1. The first-order chi connectivity index (χ1) is 13.1. The monoisotopic (exact) mass is 393 g/mol. The van der Waals surface area contributed by atoms with Gasteiger partial charge in [-0.15, -0.1) is 11.3 Å². The smallest absolute Gasteiger partial charge is 0.223 e. The Morgan fingerprint density at radius 2 is 2.07 bits per heavy atom. The van der Waals surface area contributed by atoms with Crippen LogP contribution in [0.4, 0.5) is 10.3 Å². The Labute approximate surface area is 161 Å². The van der Waals surface area contributed by atoms with E-state index in [-0.39, 0.29) is 18.3 Å². The molecule has 9 heteroatoms. The van der Waals surface area contributed by atoms with Gasteiger partial charge < -0.3 is 20.1 Å². The highest BCUT2D eigenvalue weighted by atomic mass is 32.1. The van der Waals surface area contributed by atoms with Gasteiger partial charge >= 0.3 is 0 Å². The molecule has 7 nitrogen and oxygen atoms in total. The van der Waals surface area contributed by atoms with E-state index in [0.717, 1.165) is 30.9 Å². The molecule has 0 aliphatic carbocycles. The van der Waals surface area contributed by atoms with E-state index in [4.69, 9.17) is 4.74 Å². The molecule has 2 aliphatic heterocycles. The van der Waals surface area contributed by atoms with Gasteiger partial charge in [0.2, 0.25) is 5.95 Å². The number of nitrogens with one attached hydrogen (secondary N) is 1. The van der Waals surface area contributed by atoms with Crippen LogP contribution >= 0.6 is 11.3 Å². The molecule has 2 aromatic rings. The van der Waals surface area contributed by atoms with Gasteiger partial charge in [-0.05, 0) is 39.4 Å². The summed E-state index contributed by atoms with van der Waals surface area (Å²) in [5.41, 5.74) is 0.255. The number of aliphatic hydroxyl groups is 1. The van der Waals surface area contributed by atoms with Crippen LogP contribution in [0.25, 0.3) is 10.6 Å². The Morgan fingerprint density at radius 3 is 2.85 bits per heavy atom. The number of thiazole rings is 1. The molecule has 0 bridgehead atoms. The van der Waals surface area contributed by atoms with Gasteiger partial charge in [0.1, 0.15) is 5.69 Å². The van der Waals surface area contributed by atoms with Crippen molar-refractivity contribution in [2.24, 2.45) is 0 Å². The summed E-state index contributed by atoms with van der Waals surface area (Å²) >= 11 is 1.51. The predicted octanol–water partition coefficient (Wildman–Crippen LogP) is 2.11. The molecule has 0 aromatic carbocycles. The lowest BCUT2D eigenvalue weighted by molar-refractivity contribution is -0.0136. The Hall–Kier alpha value is -1.68. The number of piperidine rings is 1. The summed E-state index contributed by atoms with van der Waals surface area (Å²) in [6.07, 6.45) is 5.05. The molecular formula is C18H24FN5O2S. The number of halogens is 1. The van der Waals surface area contributed by atoms with E-state index < -0.39 is 11.9 Å². The highest BCUT2D eigenvalue weighted by Crippen LogP contribution is 2.35. The van der Waals surface area contributed by atoms with Gasteiger partial charge in [-0.3, -0.25) is 0 Å². The van der Waals surface area contributed by atoms with Crippen molar-refractivity contribution >= 4 is 17.3 Å². The van der Waals surface area contributed by atoms with Crippen LogP contribution in [-0.4, -0.2) is 70.5 Å². The first kappa shape index (κ1) is 18.7. The van der Waals surface area contributed by atoms with E-state index in [2.05, 4.69) is 32.2 Å². The van der Waals surface area contributed by atoms with Crippen molar-refractivity contribution in [2.45, 2.75) is 37.3 Å². The van der Waals surface area contributed by atoms with Crippen molar-refractivity contribution in [1.29, 1.82) is 0 Å². The third kappa shape index (κ3) is 4.26. The molecule has 0 saturated carbocycles. The van der Waals surface area contributed by atoms with E-state index >= 15 is 0 Å². The fourth-order valence-electron chi connectivity index (χ4n) is 3.51. The second-order valence-electron chi connectivity index (χ2n) is 7.21. The molecule has 0 amide bonds. The Morgan fingerprint density at radius 1 is 1.26 bits per heavy atom. The quantitative estimate of drug-likeness (QED) is 0.823. The summed E-state index contributed by atoms with van der Waals surface area (Å²) < 4.78 is 19.6. The maximum absolute atomic E-state index is 14.4. The minimum atomic E-state index is -0.629. The summed E-state index contributed by atoms with van der Waals surface area (Å²) in [7, 11) is 2.13. The van der Waals surface area contributed by atoms with Crippen molar-refractivity contribution in [3.8, 4) is 10.6 Å². The average molecular weight is 393 g/mol. The summed E-state index contributed by atoms with van der Waals surface area (Å²) in [6.45, 7) is 2.96. The van der Waals surface area contributed by atoms with Crippen molar-refractivity contribution in [3.05, 3.63) is 23.2 Å². The van der Waals surface area contributed by atoms with Gasteiger partial charge in [0.15, 0.2) is 5.82 Å². The molecule has 4 rings (SSSR count). The number of ether oxygens (including phenoxy) is 1. The summed E-state index contributed by atoms with van der Waals surface area (Å²) in [4.78, 5) is 15.9. The molecule has 2 fully saturated rings. The minimum absolute atomic E-state index is 0.201. The van der Waals surface area contributed by atoms with Gasteiger partial charge in [-0.1, -0.05) is 0 Å². The van der Waals surface area contributed by atoms with E-state index in [9.17, 15) is 9.50 Å². The van der Waals surface area contributed by atoms with Gasteiger partial charge in [0, 0.05) is 18.7 Å². The molecule has 0 unspecified atom stereocenters. The van der Waals surface area contributed by atoms with Crippen molar-refractivity contribution in [1.82, 2.24) is 19.9 Å². The fraction of sp³-hybridized carbons (Fsp3) is 0.611. The SMILES string of the molecule is CN1CCC(c2ncc(-c3nc(N[C@@H]4CCOC[C@H]4O)ncc3F)s2)CC1. The number of nitrogens with zero attached hydrogens (tertiary/aromatic N) is 4. The molecule has 2 N–H and O–H groups in total. The number of hydrogen-bond acceptors (Lipinski definition) is 8. The van der Waals surface area contributed by atoms with Crippen LogP contribution < -0.4 is 5.32 Å². The molecule has 2 aromatic heterocycles. The molecule has 4 heterocycles. The highest BCUT2D eigenvalue weighted by Gasteiger charge is 2.25. The van der Waals surface area contributed by atoms with Crippen LogP contribution in [0.1, 0.15) is 30.2 Å². The number of aliphatic hydroxyl groups excluding tert-OH is 1. The highest BCUT2D eigenvalue weighted by molar-refractivity contribution is 7.15. The Kier molecular flexibility index (Phi) is 5.63. The first-order valence-electron chi connectivity index (χ1n) is 9.29. The lowest BCUT2D eigenvalue weighted by atomic mass is 9.98. The van der Waals surface area contributed by atoms with Crippen LogP contribution in [0, 0.1) is 5.82 Å². The topological polar surface area (TPSA) is 83.4 Å². The maximum Gasteiger partial charge on any atom is 0.223 e. The zero-order valence-corrected chi connectivity index (χ0v) is 16.1. The summed E-state index contributed by atoms with van der Waals surface area (Å²) in [5, 5.41) is 14.2. The normalized spacial score (nSPS) is 24.9. The number of aromatic nitrogens is 3. The van der Waals surface area contributed by atoms with E-state index in [1.807, 2.05) is 0 Å².